The molecule has 1 unspecified atom stereocenters. The lowest BCUT2D eigenvalue weighted by molar-refractivity contribution is 0.181. The fourth-order valence-corrected chi connectivity index (χ4v) is 1.29. The molecule has 0 aliphatic rings. The van der Waals surface area contributed by atoms with Crippen LogP contribution in [0.1, 0.15) is 17.2 Å². The van der Waals surface area contributed by atoms with Crippen molar-refractivity contribution in [3.8, 4) is 11.5 Å². The van der Waals surface area contributed by atoms with Gasteiger partial charge in [0.05, 0.1) is 13.2 Å². The van der Waals surface area contributed by atoms with E-state index in [2.05, 4.69) is 0 Å². The quantitative estimate of drug-likeness (QED) is 0.666. The minimum absolute atomic E-state index is 0.0532. The summed E-state index contributed by atoms with van der Waals surface area (Å²) >= 11 is 0. The second-order valence-electron chi connectivity index (χ2n) is 3.11. The Balaban J connectivity index is 3.23. The van der Waals surface area contributed by atoms with Gasteiger partial charge in [0.1, 0.15) is 0 Å². The zero-order valence-corrected chi connectivity index (χ0v) is 8.32. The van der Waals surface area contributed by atoms with Crippen LogP contribution >= 0.6 is 0 Å². The van der Waals surface area contributed by atoms with Crippen LogP contribution in [0.15, 0.2) is 12.1 Å². The maximum atomic E-state index is 9.65. The molecule has 0 bridgehead atoms. The molecule has 4 heteroatoms. The highest BCUT2D eigenvalue weighted by Gasteiger charge is 2.16. The van der Waals surface area contributed by atoms with Crippen LogP contribution in [0.2, 0.25) is 0 Å². The normalized spacial score (nSPS) is 12.6. The predicted molar refractivity (Wildman–Crippen MR) is 53.4 cm³/mol. The summed E-state index contributed by atoms with van der Waals surface area (Å²) in [6.07, 6.45) is -0.809. The van der Waals surface area contributed by atoms with E-state index in [0.717, 1.165) is 0 Å². The monoisotopic (exact) mass is 197 g/mol. The molecule has 4 N–H and O–H groups in total. The molecule has 0 aromatic heterocycles. The smallest absolute Gasteiger partial charge is 0.166 e. The molecule has 0 radical (unpaired) electrons. The Morgan fingerprint density at radius 2 is 2.14 bits per heavy atom. The van der Waals surface area contributed by atoms with Crippen LogP contribution < -0.4 is 10.5 Å². The first kappa shape index (κ1) is 10.8. The zero-order chi connectivity index (χ0) is 10.7. The van der Waals surface area contributed by atoms with E-state index in [9.17, 15) is 10.2 Å². The van der Waals surface area contributed by atoms with Crippen LogP contribution in [-0.2, 0) is 0 Å². The van der Waals surface area contributed by atoms with Gasteiger partial charge in [0.2, 0.25) is 0 Å². The Labute approximate surface area is 82.9 Å². The molecule has 0 saturated heterocycles. The number of ether oxygens (including phenoxy) is 1. The fourth-order valence-electron chi connectivity index (χ4n) is 1.29. The molecule has 1 atom stereocenters. The van der Waals surface area contributed by atoms with Crippen molar-refractivity contribution in [1.82, 2.24) is 0 Å². The molecule has 0 spiro atoms. The van der Waals surface area contributed by atoms with Crippen molar-refractivity contribution in [2.45, 2.75) is 13.0 Å². The highest BCUT2D eigenvalue weighted by Crippen LogP contribution is 2.36. The number of methoxy groups -OCH3 is 1. The Morgan fingerprint density at radius 3 is 2.64 bits per heavy atom. The Hall–Kier alpha value is -1.26. The van der Waals surface area contributed by atoms with E-state index in [1.54, 1.807) is 19.1 Å². The molecule has 0 saturated carbocycles. The lowest BCUT2D eigenvalue weighted by atomic mass is 10.0. The van der Waals surface area contributed by atoms with E-state index in [1.807, 2.05) is 0 Å². The van der Waals surface area contributed by atoms with Crippen LogP contribution in [0.4, 0.5) is 0 Å². The highest BCUT2D eigenvalue weighted by atomic mass is 16.5. The van der Waals surface area contributed by atoms with Crippen molar-refractivity contribution in [3.05, 3.63) is 23.3 Å². The van der Waals surface area contributed by atoms with Crippen LogP contribution in [0.3, 0.4) is 0 Å². The van der Waals surface area contributed by atoms with Gasteiger partial charge in [-0.15, -0.1) is 0 Å². The SMILES string of the molecule is COc1c(C(O)CN)ccc(C)c1O. The Bertz CT molecular complexity index is 325. The molecular weight excluding hydrogens is 182 g/mol. The number of benzene rings is 1. The Kier molecular flexibility index (Phi) is 3.33. The number of phenols is 1. The summed E-state index contributed by atoms with van der Waals surface area (Å²) < 4.78 is 5.01. The molecular formula is C10H15NO3. The van der Waals surface area contributed by atoms with E-state index < -0.39 is 6.10 Å². The number of nitrogens with two attached hydrogens (primary N) is 1. The average molecular weight is 197 g/mol. The summed E-state index contributed by atoms with van der Waals surface area (Å²) in [5.41, 5.74) is 6.54. The number of phenolic OH excluding ortho intramolecular Hbond substituents is 1. The van der Waals surface area contributed by atoms with E-state index in [0.29, 0.717) is 16.9 Å². The molecule has 1 aromatic rings. The molecule has 78 valence electrons. The number of aliphatic hydroxyl groups excluding tert-OH is 1. The lowest BCUT2D eigenvalue weighted by Gasteiger charge is -2.15. The van der Waals surface area contributed by atoms with Crippen LogP contribution in [0.5, 0.6) is 11.5 Å². The van der Waals surface area contributed by atoms with E-state index >= 15 is 0 Å². The maximum absolute atomic E-state index is 9.65. The fraction of sp³-hybridized carbons (Fsp3) is 0.400. The van der Waals surface area contributed by atoms with Gasteiger partial charge in [-0.1, -0.05) is 12.1 Å². The van der Waals surface area contributed by atoms with Gasteiger partial charge in [-0.3, -0.25) is 0 Å². The van der Waals surface area contributed by atoms with Crippen LogP contribution in [-0.4, -0.2) is 23.9 Å². The summed E-state index contributed by atoms with van der Waals surface area (Å²) in [6, 6.07) is 3.41. The second-order valence-corrected chi connectivity index (χ2v) is 3.11. The summed E-state index contributed by atoms with van der Waals surface area (Å²) in [5.74, 6) is 0.348. The maximum Gasteiger partial charge on any atom is 0.166 e. The standard InChI is InChI=1S/C10H15NO3/c1-6-3-4-7(8(12)5-11)10(14-2)9(6)13/h3-4,8,12-13H,5,11H2,1-2H3. The summed E-state index contributed by atoms with van der Waals surface area (Å²) in [7, 11) is 1.45. The van der Waals surface area contributed by atoms with Crippen molar-refractivity contribution in [2.24, 2.45) is 5.73 Å². The molecule has 0 fully saturated rings. The summed E-state index contributed by atoms with van der Waals surface area (Å²) in [5, 5.41) is 19.2. The molecule has 4 nitrogen and oxygen atoms in total. The Morgan fingerprint density at radius 1 is 1.50 bits per heavy atom. The third kappa shape index (κ3) is 1.81. The second kappa shape index (κ2) is 4.30. The van der Waals surface area contributed by atoms with Crippen molar-refractivity contribution in [1.29, 1.82) is 0 Å². The molecule has 0 amide bonds. The first-order valence-electron chi connectivity index (χ1n) is 4.36. The van der Waals surface area contributed by atoms with Crippen molar-refractivity contribution in [3.63, 3.8) is 0 Å². The van der Waals surface area contributed by atoms with Crippen LogP contribution in [0, 0.1) is 6.92 Å². The average Bonchev–Trinajstić information content (AvgIpc) is 2.20. The molecule has 0 aliphatic heterocycles. The number of aromatic hydroxyl groups is 1. The van der Waals surface area contributed by atoms with Crippen molar-refractivity contribution in [2.75, 3.05) is 13.7 Å². The first-order chi connectivity index (χ1) is 6.61. The molecule has 0 heterocycles. The summed E-state index contributed by atoms with van der Waals surface area (Å²) in [4.78, 5) is 0. The first-order valence-corrected chi connectivity index (χ1v) is 4.36. The minimum Gasteiger partial charge on any atom is -0.504 e. The van der Waals surface area contributed by atoms with Gasteiger partial charge in [-0.2, -0.15) is 0 Å². The minimum atomic E-state index is -0.809. The molecule has 1 rings (SSSR count). The van der Waals surface area contributed by atoms with Gasteiger partial charge in [0.25, 0.3) is 0 Å². The number of hydrogen-bond acceptors (Lipinski definition) is 4. The number of aryl methyl sites for hydroxylation is 1. The summed E-state index contributed by atoms with van der Waals surface area (Å²) in [6.45, 7) is 1.86. The van der Waals surface area contributed by atoms with Gasteiger partial charge in [0.15, 0.2) is 11.5 Å². The predicted octanol–water partition coefficient (Wildman–Crippen LogP) is 0.701. The van der Waals surface area contributed by atoms with Crippen molar-refractivity contribution < 1.29 is 14.9 Å². The molecule has 14 heavy (non-hydrogen) atoms. The van der Waals surface area contributed by atoms with E-state index in [-0.39, 0.29) is 12.3 Å². The van der Waals surface area contributed by atoms with E-state index in [1.165, 1.54) is 7.11 Å². The molecule has 1 aromatic carbocycles. The largest absolute Gasteiger partial charge is 0.504 e. The number of hydrogen-bond donors (Lipinski definition) is 3. The third-order valence-corrected chi connectivity index (χ3v) is 2.15. The van der Waals surface area contributed by atoms with Gasteiger partial charge < -0.3 is 20.7 Å². The number of rotatable bonds is 3. The van der Waals surface area contributed by atoms with Gasteiger partial charge in [-0.25, -0.2) is 0 Å². The van der Waals surface area contributed by atoms with E-state index in [4.69, 9.17) is 10.5 Å². The van der Waals surface area contributed by atoms with Gasteiger partial charge in [-0.05, 0) is 12.5 Å². The third-order valence-electron chi connectivity index (χ3n) is 2.15. The molecule has 0 aliphatic carbocycles. The van der Waals surface area contributed by atoms with Gasteiger partial charge in [0, 0.05) is 12.1 Å². The highest BCUT2D eigenvalue weighted by molar-refractivity contribution is 5.51. The van der Waals surface area contributed by atoms with Crippen molar-refractivity contribution >= 4 is 0 Å². The van der Waals surface area contributed by atoms with Crippen LogP contribution in [0.25, 0.3) is 0 Å². The lowest BCUT2D eigenvalue weighted by Crippen LogP contribution is -2.12. The van der Waals surface area contributed by atoms with Gasteiger partial charge >= 0.3 is 0 Å². The number of aliphatic hydroxyl groups is 1. The topological polar surface area (TPSA) is 75.7 Å². The zero-order valence-electron chi connectivity index (χ0n) is 8.32.